The molecule has 0 aliphatic heterocycles. The van der Waals surface area contributed by atoms with Gasteiger partial charge in [0.05, 0.1) is 5.60 Å². The van der Waals surface area contributed by atoms with Crippen molar-refractivity contribution in [3.05, 3.63) is 52.1 Å². The van der Waals surface area contributed by atoms with Crippen LogP contribution in [0.25, 0.3) is 0 Å². The quantitative estimate of drug-likeness (QED) is 0.659. The first-order valence-electron chi connectivity index (χ1n) is 10.3. The van der Waals surface area contributed by atoms with E-state index in [4.69, 9.17) is 0 Å². The van der Waals surface area contributed by atoms with Gasteiger partial charge in [-0.25, -0.2) is 0 Å². The Hall–Kier alpha value is -1.54. The van der Waals surface area contributed by atoms with Crippen molar-refractivity contribution >= 4 is 0 Å². The van der Waals surface area contributed by atoms with Crippen LogP contribution in [0.3, 0.4) is 0 Å². The van der Waals surface area contributed by atoms with Crippen LogP contribution < -0.4 is 0 Å². The summed E-state index contributed by atoms with van der Waals surface area (Å²) < 4.78 is 0. The van der Waals surface area contributed by atoms with Crippen LogP contribution >= 0.6 is 0 Å². The van der Waals surface area contributed by atoms with E-state index >= 15 is 0 Å². The lowest BCUT2D eigenvalue weighted by molar-refractivity contribution is 0.0598. The molecule has 1 unspecified atom stereocenters. The molecule has 150 valence electrons. The summed E-state index contributed by atoms with van der Waals surface area (Å²) in [6, 6.07) is 4.18. The Kier molecular flexibility index (Phi) is 6.02. The van der Waals surface area contributed by atoms with Crippen molar-refractivity contribution in [2.24, 2.45) is 5.41 Å². The Morgan fingerprint density at radius 1 is 0.963 bits per heavy atom. The van der Waals surface area contributed by atoms with Crippen LogP contribution in [0.4, 0.5) is 0 Å². The van der Waals surface area contributed by atoms with Crippen molar-refractivity contribution in [1.82, 2.24) is 0 Å². The van der Waals surface area contributed by atoms with Crippen molar-refractivity contribution in [1.29, 1.82) is 0 Å². The highest BCUT2D eigenvalue weighted by Gasteiger charge is 2.40. The van der Waals surface area contributed by atoms with E-state index in [9.17, 15) is 10.2 Å². The van der Waals surface area contributed by atoms with E-state index in [1.54, 1.807) is 0 Å². The maximum Gasteiger partial charge on any atom is 0.122 e. The molecular weight excluding hydrogens is 332 g/mol. The van der Waals surface area contributed by atoms with Gasteiger partial charge >= 0.3 is 0 Å². The van der Waals surface area contributed by atoms with Crippen LogP contribution in [-0.2, 0) is 18.3 Å². The molecule has 1 aliphatic rings. The first-order valence-corrected chi connectivity index (χ1v) is 10.3. The zero-order valence-corrected chi connectivity index (χ0v) is 18.5. The molecule has 2 rings (SSSR count). The van der Waals surface area contributed by atoms with Crippen molar-refractivity contribution in [3.8, 4) is 5.75 Å². The number of phenolic OH excluding ortho intramolecular Hbond substituents is 1. The molecule has 2 heteroatoms. The topological polar surface area (TPSA) is 40.5 Å². The van der Waals surface area contributed by atoms with Gasteiger partial charge in [0, 0.05) is 6.42 Å². The van der Waals surface area contributed by atoms with Crippen molar-refractivity contribution in [2.45, 2.75) is 92.1 Å². The van der Waals surface area contributed by atoms with E-state index in [0.717, 1.165) is 29.5 Å². The van der Waals surface area contributed by atoms with E-state index in [1.165, 1.54) is 11.1 Å². The van der Waals surface area contributed by atoms with Crippen molar-refractivity contribution in [3.63, 3.8) is 0 Å². The highest BCUT2D eigenvalue weighted by atomic mass is 16.3. The summed E-state index contributed by atoms with van der Waals surface area (Å²) in [5.41, 5.74) is 4.13. The number of aliphatic hydroxyl groups is 1. The summed E-state index contributed by atoms with van der Waals surface area (Å²) in [5.74, 6) is 0.339. The molecule has 1 atom stereocenters. The Labute approximate surface area is 166 Å². The Balaban J connectivity index is 2.55. The van der Waals surface area contributed by atoms with E-state index in [1.807, 2.05) is 0 Å². The molecule has 0 saturated carbocycles. The van der Waals surface area contributed by atoms with Gasteiger partial charge in [0.25, 0.3) is 0 Å². The average molecular weight is 371 g/mol. The first kappa shape index (κ1) is 21.8. The van der Waals surface area contributed by atoms with E-state index in [-0.39, 0.29) is 10.8 Å². The molecule has 1 aromatic rings. The summed E-state index contributed by atoms with van der Waals surface area (Å²) in [6.07, 6.45) is 7.25. The fraction of sp³-hybridized carbons (Fsp3) is 0.600. The molecule has 0 heterocycles. The zero-order valence-electron chi connectivity index (χ0n) is 18.5. The van der Waals surface area contributed by atoms with Crippen molar-refractivity contribution < 1.29 is 10.2 Å². The van der Waals surface area contributed by atoms with Crippen LogP contribution in [0.2, 0.25) is 0 Å². The van der Waals surface area contributed by atoms with Crippen LogP contribution in [0, 0.1) is 5.41 Å². The SMILES string of the molecule is CCC1=CCC(O)(Cc2cc(CC)cc(C(C)(C)C)c2O)C(C(C)(C)C)=C1. The molecule has 27 heavy (non-hydrogen) atoms. The minimum Gasteiger partial charge on any atom is -0.507 e. The summed E-state index contributed by atoms with van der Waals surface area (Å²) in [7, 11) is 0. The van der Waals surface area contributed by atoms with Gasteiger partial charge in [0.1, 0.15) is 5.75 Å². The molecule has 2 nitrogen and oxygen atoms in total. The van der Waals surface area contributed by atoms with Gasteiger partial charge in [-0.05, 0) is 52.4 Å². The normalized spacial score (nSPS) is 21.1. The highest BCUT2D eigenvalue weighted by molar-refractivity contribution is 5.49. The minimum absolute atomic E-state index is 0.131. The fourth-order valence-corrected chi connectivity index (χ4v) is 4.10. The maximum atomic E-state index is 11.7. The van der Waals surface area contributed by atoms with Gasteiger partial charge in [0.2, 0.25) is 0 Å². The Morgan fingerprint density at radius 2 is 1.59 bits per heavy atom. The number of benzene rings is 1. The number of aryl methyl sites for hydroxylation is 1. The molecule has 1 aromatic carbocycles. The number of phenols is 1. The van der Waals surface area contributed by atoms with Gasteiger partial charge in [-0.1, -0.05) is 85.2 Å². The maximum absolute atomic E-state index is 11.7. The van der Waals surface area contributed by atoms with Crippen LogP contribution in [0.15, 0.2) is 35.4 Å². The van der Waals surface area contributed by atoms with Crippen LogP contribution in [-0.4, -0.2) is 15.8 Å². The molecule has 0 spiro atoms. The van der Waals surface area contributed by atoms with Crippen molar-refractivity contribution in [2.75, 3.05) is 0 Å². The number of rotatable bonds is 4. The standard InChI is InChI=1S/C25H38O2/c1-9-17-11-12-25(27,21(15-17)24(6,7)8)16-19-13-18(10-2)14-20(22(19)26)23(3,4)5/h11,13-15,26-27H,9-10,12,16H2,1-8H3. The van der Waals surface area contributed by atoms with Crippen LogP contribution in [0.1, 0.15) is 84.9 Å². The second kappa shape index (κ2) is 7.47. The predicted octanol–water partition coefficient (Wildman–Crippen LogP) is 6.24. The van der Waals surface area contributed by atoms with Gasteiger partial charge < -0.3 is 10.2 Å². The van der Waals surface area contributed by atoms with Crippen LogP contribution in [0.5, 0.6) is 5.75 Å². The molecule has 0 saturated heterocycles. The van der Waals surface area contributed by atoms with Gasteiger partial charge in [-0.15, -0.1) is 0 Å². The molecule has 0 bridgehead atoms. The second-order valence-electron chi connectivity index (χ2n) is 10.1. The third kappa shape index (κ3) is 4.66. The fourth-order valence-electron chi connectivity index (χ4n) is 4.10. The third-order valence-electron chi connectivity index (χ3n) is 5.70. The molecule has 2 N–H and O–H groups in total. The summed E-state index contributed by atoms with van der Waals surface area (Å²) in [4.78, 5) is 0. The number of allylic oxidation sites excluding steroid dienone is 2. The lowest BCUT2D eigenvalue weighted by atomic mass is 9.68. The first-order chi connectivity index (χ1) is 12.3. The minimum atomic E-state index is -0.962. The molecular formula is C25H38O2. The molecule has 1 aliphatic carbocycles. The highest BCUT2D eigenvalue weighted by Crippen LogP contribution is 2.44. The Bertz CT molecular complexity index is 754. The lowest BCUT2D eigenvalue weighted by Crippen LogP contribution is -2.40. The smallest absolute Gasteiger partial charge is 0.122 e. The summed E-state index contributed by atoms with van der Waals surface area (Å²) in [5, 5.41) is 22.7. The van der Waals surface area contributed by atoms with Gasteiger partial charge in [-0.2, -0.15) is 0 Å². The number of aromatic hydroxyl groups is 1. The van der Waals surface area contributed by atoms with E-state index in [0.29, 0.717) is 18.6 Å². The summed E-state index contributed by atoms with van der Waals surface area (Å²) in [6.45, 7) is 17.1. The predicted molar refractivity (Wildman–Crippen MR) is 115 cm³/mol. The summed E-state index contributed by atoms with van der Waals surface area (Å²) >= 11 is 0. The third-order valence-corrected chi connectivity index (χ3v) is 5.70. The average Bonchev–Trinajstić information content (AvgIpc) is 2.54. The molecule has 0 radical (unpaired) electrons. The second-order valence-corrected chi connectivity index (χ2v) is 10.1. The van der Waals surface area contributed by atoms with E-state index < -0.39 is 5.60 Å². The number of hydrogen-bond acceptors (Lipinski definition) is 2. The Morgan fingerprint density at radius 3 is 2.07 bits per heavy atom. The molecule has 0 aromatic heterocycles. The molecule has 0 amide bonds. The van der Waals surface area contributed by atoms with Gasteiger partial charge in [-0.3, -0.25) is 0 Å². The largest absolute Gasteiger partial charge is 0.507 e. The molecule has 0 fully saturated rings. The lowest BCUT2D eigenvalue weighted by Gasteiger charge is -2.40. The van der Waals surface area contributed by atoms with Gasteiger partial charge in [0.15, 0.2) is 0 Å². The monoisotopic (exact) mass is 370 g/mol. The van der Waals surface area contributed by atoms with E-state index in [2.05, 4.69) is 79.7 Å². The number of hydrogen-bond donors (Lipinski definition) is 2. The zero-order chi connectivity index (χ0) is 20.6.